The molecule has 7 heteroatoms. The van der Waals surface area contributed by atoms with E-state index < -0.39 is 24.6 Å². The van der Waals surface area contributed by atoms with Crippen LogP contribution in [0.4, 0.5) is 4.79 Å². The molecular formula is C21H33NO6. The van der Waals surface area contributed by atoms with Gasteiger partial charge in [-0.2, -0.15) is 0 Å². The smallest absolute Gasteiger partial charge is 0.410 e. The maximum Gasteiger partial charge on any atom is 0.412 e. The molecule has 1 aliphatic heterocycles. The lowest BCUT2D eigenvalue weighted by Crippen LogP contribution is -2.40. The van der Waals surface area contributed by atoms with E-state index in [1.54, 1.807) is 0 Å². The summed E-state index contributed by atoms with van der Waals surface area (Å²) >= 11 is 0. The van der Waals surface area contributed by atoms with Crippen LogP contribution in [0.1, 0.15) is 63.5 Å². The monoisotopic (exact) mass is 395 g/mol. The minimum Gasteiger partial charge on any atom is -0.410 e. The number of carbonyl (C=O) groups is 1. The number of para-hydroxylation sites is 1. The molecule has 1 aliphatic rings. The van der Waals surface area contributed by atoms with Crippen molar-refractivity contribution < 1.29 is 29.2 Å². The zero-order valence-electron chi connectivity index (χ0n) is 17.2. The number of benzene rings is 1. The number of ether oxygens (including phenoxy) is 3. The first-order valence-electron chi connectivity index (χ1n) is 9.96. The molecule has 1 fully saturated rings. The fraction of sp³-hybridized carbons (Fsp3) is 0.667. The predicted octanol–water partition coefficient (Wildman–Crippen LogP) is 2.90. The Balaban J connectivity index is 1.85. The Kier molecular flexibility index (Phi) is 8.69. The SMILES string of the molecule is CC(C)c1cccc(C(C)C)c1OC(=O)NCCO[C@H]1C[C@@H](O)C[C@@H](CO)O1. The number of rotatable bonds is 8. The Bertz CT molecular complexity index is 607. The van der Waals surface area contributed by atoms with Gasteiger partial charge in [-0.15, -0.1) is 0 Å². The highest BCUT2D eigenvalue weighted by Crippen LogP contribution is 2.34. The van der Waals surface area contributed by atoms with Crippen molar-refractivity contribution in [3.05, 3.63) is 29.3 Å². The predicted molar refractivity (Wildman–Crippen MR) is 106 cm³/mol. The second-order valence-corrected chi connectivity index (χ2v) is 7.76. The van der Waals surface area contributed by atoms with Gasteiger partial charge >= 0.3 is 6.09 Å². The van der Waals surface area contributed by atoms with Gasteiger partial charge < -0.3 is 29.7 Å². The molecule has 28 heavy (non-hydrogen) atoms. The third-order valence-electron chi connectivity index (χ3n) is 4.74. The van der Waals surface area contributed by atoms with E-state index in [-0.39, 0.29) is 31.6 Å². The van der Waals surface area contributed by atoms with Crippen LogP contribution < -0.4 is 10.1 Å². The first-order chi connectivity index (χ1) is 13.3. The van der Waals surface area contributed by atoms with Crippen LogP contribution in [0.2, 0.25) is 0 Å². The Labute approximate surface area is 167 Å². The largest absolute Gasteiger partial charge is 0.412 e. The van der Waals surface area contributed by atoms with Crippen molar-refractivity contribution in [3.8, 4) is 5.75 Å². The molecule has 1 aromatic carbocycles. The summed E-state index contributed by atoms with van der Waals surface area (Å²) in [5, 5.41) is 21.6. The molecule has 3 atom stereocenters. The number of aliphatic hydroxyl groups is 2. The number of carbonyl (C=O) groups excluding carboxylic acids is 1. The van der Waals surface area contributed by atoms with E-state index in [0.717, 1.165) is 11.1 Å². The number of hydrogen-bond donors (Lipinski definition) is 3. The van der Waals surface area contributed by atoms with Crippen LogP contribution in [0.5, 0.6) is 5.75 Å². The molecule has 0 spiro atoms. The summed E-state index contributed by atoms with van der Waals surface area (Å²) in [5.74, 6) is 1.09. The van der Waals surface area contributed by atoms with Crippen molar-refractivity contribution in [1.82, 2.24) is 5.32 Å². The molecule has 0 saturated carbocycles. The fourth-order valence-electron chi connectivity index (χ4n) is 3.25. The molecule has 0 bridgehead atoms. The number of hydrogen-bond acceptors (Lipinski definition) is 6. The van der Waals surface area contributed by atoms with Gasteiger partial charge in [-0.1, -0.05) is 45.9 Å². The third-order valence-corrected chi connectivity index (χ3v) is 4.74. The number of aliphatic hydroxyl groups excluding tert-OH is 2. The Morgan fingerprint density at radius 2 is 1.86 bits per heavy atom. The summed E-state index contributed by atoms with van der Waals surface area (Å²) in [7, 11) is 0. The topological polar surface area (TPSA) is 97.3 Å². The quantitative estimate of drug-likeness (QED) is 0.586. The minimum absolute atomic E-state index is 0.158. The summed E-state index contributed by atoms with van der Waals surface area (Å²) in [6, 6.07) is 5.94. The standard InChI is InChI=1S/C21H33NO6/c1-13(2)17-6-5-7-18(14(3)4)20(17)28-21(25)22-8-9-26-19-11-15(24)10-16(12-23)27-19/h5-7,13-16,19,23-24H,8-12H2,1-4H3,(H,22,25)/t15-,16-,19+/m0/s1. The van der Waals surface area contributed by atoms with E-state index in [2.05, 4.69) is 33.0 Å². The molecule has 1 aromatic rings. The molecular weight excluding hydrogens is 362 g/mol. The van der Waals surface area contributed by atoms with Crippen LogP contribution >= 0.6 is 0 Å². The van der Waals surface area contributed by atoms with Gasteiger partial charge in [0.15, 0.2) is 6.29 Å². The van der Waals surface area contributed by atoms with E-state index >= 15 is 0 Å². The van der Waals surface area contributed by atoms with Crippen molar-refractivity contribution >= 4 is 6.09 Å². The van der Waals surface area contributed by atoms with Gasteiger partial charge in [-0.3, -0.25) is 0 Å². The lowest BCUT2D eigenvalue weighted by Gasteiger charge is -2.32. The highest BCUT2D eigenvalue weighted by atomic mass is 16.7. The van der Waals surface area contributed by atoms with E-state index in [9.17, 15) is 9.90 Å². The van der Waals surface area contributed by atoms with Gasteiger partial charge in [0.2, 0.25) is 0 Å². The van der Waals surface area contributed by atoms with Crippen LogP contribution in [0.15, 0.2) is 18.2 Å². The molecule has 2 rings (SSSR count). The molecule has 0 radical (unpaired) electrons. The highest BCUT2D eigenvalue weighted by Gasteiger charge is 2.28. The van der Waals surface area contributed by atoms with Crippen LogP contribution in [0.3, 0.4) is 0 Å². The molecule has 3 N–H and O–H groups in total. The summed E-state index contributed by atoms with van der Waals surface area (Å²) in [5.41, 5.74) is 1.99. The molecule has 1 saturated heterocycles. The fourth-order valence-corrected chi connectivity index (χ4v) is 3.25. The summed E-state index contributed by atoms with van der Waals surface area (Å²) in [6.45, 7) is 8.57. The zero-order chi connectivity index (χ0) is 20.7. The first-order valence-corrected chi connectivity index (χ1v) is 9.96. The van der Waals surface area contributed by atoms with Crippen LogP contribution in [-0.4, -0.2) is 54.6 Å². The molecule has 1 heterocycles. The van der Waals surface area contributed by atoms with Crippen molar-refractivity contribution in [2.24, 2.45) is 0 Å². The molecule has 158 valence electrons. The average molecular weight is 395 g/mol. The average Bonchev–Trinajstić information content (AvgIpc) is 2.64. The van der Waals surface area contributed by atoms with Crippen molar-refractivity contribution in [2.75, 3.05) is 19.8 Å². The normalized spacial score (nSPS) is 22.5. The van der Waals surface area contributed by atoms with E-state index in [4.69, 9.17) is 19.3 Å². The van der Waals surface area contributed by atoms with E-state index in [0.29, 0.717) is 18.6 Å². The van der Waals surface area contributed by atoms with Gasteiger partial charge in [0.1, 0.15) is 5.75 Å². The van der Waals surface area contributed by atoms with Crippen molar-refractivity contribution in [3.63, 3.8) is 0 Å². The third kappa shape index (κ3) is 6.44. The van der Waals surface area contributed by atoms with Gasteiger partial charge in [-0.25, -0.2) is 4.79 Å². The number of amides is 1. The molecule has 0 unspecified atom stereocenters. The van der Waals surface area contributed by atoms with Crippen LogP contribution in [-0.2, 0) is 9.47 Å². The summed E-state index contributed by atoms with van der Waals surface area (Å²) in [4.78, 5) is 12.3. The lowest BCUT2D eigenvalue weighted by molar-refractivity contribution is -0.220. The Hall–Kier alpha value is -1.67. The highest BCUT2D eigenvalue weighted by molar-refractivity contribution is 5.71. The number of nitrogens with one attached hydrogen (secondary N) is 1. The summed E-state index contributed by atoms with van der Waals surface area (Å²) in [6.07, 6.45) is -1.36. The molecule has 7 nitrogen and oxygen atoms in total. The van der Waals surface area contributed by atoms with E-state index in [1.165, 1.54) is 0 Å². The second-order valence-electron chi connectivity index (χ2n) is 7.76. The first kappa shape index (κ1) is 22.6. The molecule has 1 amide bonds. The minimum atomic E-state index is -0.590. The Morgan fingerprint density at radius 1 is 1.21 bits per heavy atom. The van der Waals surface area contributed by atoms with Gasteiger partial charge in [0.25, 0.3) is 0 Å². The van der Waals surface area contributed by atoms with Gasteiger partial charge in [-0.05, 0) is 23.0 Å². The lowest BCUT2D eigenvalue weighted by atomic mass is 9.94. The van der Waals surface area contributed by atoms with Crippen molar-refractivity contribution in [1.29, 1.82) is 0 Å². The van der Waals surface area contributed by atoms with Crippen LogP contribution in [0, 0.1) is 0 Å². The van der Waals surface area contributed by atoms with Gasteiger partial charge in [0.05, 0.1) is 25.4 Å². The second kappa shape index (κ2) is 10.8. The zero-order valence-corrected chi connectivity index (χ0v) is 17.2. The molecule has 0 aliphatic carbocycles. The maximum absolute atomic E-state index is 12.3. The Morgan fingerprint density at radius 3 is 2.43 bits per heavy atom. The summed E-state index contributed by atoms with van der Waals surface area (Å²) < 4.78 is 16.7. The molecule has 0 aromatic heterocycles. The van der Waals surface area contributed by atoms with Crippen molar-refractivity contribution in [2.45, 2.75) is 70.9 Å². The van der Waals surface area contributed by atoms with E-state index in [1.807, 2.05) is 18.2 Å². The maximum atomic E-state index is 12.3. The van der Waals surface area contributed by atoms with Crippen LogP contribution in [0.25, 0.3) is 0 Å². The van der Waals surface area contributed by atoms with Gasteiger partial charge in [0, 0.05) is 19.4 Å².